The zero-order chi connectivity index (χ0) is 14.1. The van der Waals surface area contributed by atoms with E-state index in [1.807, 2.05) is 17.6 Å². The average molecular weight is 302 g/mol. The van der Waals surface area contributed by atoms with E-state index in [9.17, 15) is 0 Å². The molecule has 0 unspecified atom stereocenters. The molecule has 2 aromatic rings. The molecule has 4 rings (SSSR count). The summed E-state index contributed by atoms with van der Waals surface area (Å²) < 4.78 is 5.69. The van der Waals surface area contributed by atoms with E-state index in [0.29, 0.717) is 0 Å². The van der Waals surface area contributed by atoms with Crippen LogP contribution in [0.3, 0.4) is 0 Å². The van der Waals surface area contributed by atoms with Crippen LogP contribution >= 0.6 is 11.3 Å². The van der Waals surface area contributed by atoms with Crippen LogP contribution in [0.15, 0.2) is 34.3 Å². The molecule has 21 heavy (non-hydrogen) atoms. The van der Waals surface area contributed by atoms with Crippen molar-refractivity contribution in [1.29, 1.82) is 0 Å². The lowest BCUT2D eigenvalue weighted by Gasteiger charge is -2.21. The van der Waals surface area contributed by atoms with Crippen LogP contribution < -0.4 is 5.32 Å². The van der Waals surface area contributed by atoms with Crippen molar-refractivity contribution in [3.8, 4) is 0 Å². The van der Waals surface area contributed by atoms with Gasteiger partial charge >= 0.3 is 0 Å². The first-order valence-electron chi connectivity index (χ1n) is 7.93. The minimum Gasteiger partial charge on any atom is -0.468 e. The highest BCUT2D eigenvalue weighted by Gasteiger charge is 2.30. The van der Waals surface area contributed by atoms with Crippen molar-refractivity contribution < 1.29 is 4.42 Å². The fourth-order valence-corrected chi connectivity index (χ4v) is 3.49. The summed E-state index contributed by atoms with van der Waals surface area (Å²) in [5.74, 6) is 1.12. The van der Waals surface area contributed by atoms with Crippen molar-refractivity contribution >= 4 is 11.3 Å². The van der Waals surface area contributed by atoms with Crippen LogP contribution in [0.1, 0.15) is 41.9 Å². The number of hydrogen-bond acceptors (Lipinski definition) is 4. The number of nitrogens with zero attached hydrogens (tertiary/aromatic N) is 1. The molecule has 2 fully saturated rings. The second kappa shape index (κ2) is 5.95. The van der Waals surface area contributed by atoms with Gasteiger partial charge in [-0.25, -0.2) is 0 Å². The van der Waals surface area contributed by atoms with Crippen LogP contribution in [-0.2, 0) is 19.6 Å². The Morgan fingerprint density at radius 1 is 1.19 bits per heavy atom. The molecule has 0 atom stereocenters. The monoisotopic (exact) mass is 302 g/mol. The standard InChI is InChI=1S/C17H22N2OS/c1-2-16(21-9-1)12-19(15-5-6-15)11-13-7-8-20-17(13)10-18-14-3-4-14/h1-2,7-9,14-15,18H,3-6,10-12H2. The molecule has 0 aliphatic heterocycles. The van der Waals surface area contributed by atoms with E-state index >= 15 is 0 Å². The highest BCUT2D eigenvalue weighted by atomic mass is 32.1. The largest absolute Gasteiger partial charge is 0.468 e. The maximum absolute atomic E-state index is 5.69. The molecular formula is C17H22N2OS. The van der Waals surface area contributed by atoms with Gasteiger partial charge in [-0.3, -0.25) is 4.90 Å². The van der Waals surface area contributed by atoms with E-state index < -0.39 is 0 Å². The first-order valence-corrected chi connectivity index (χ1v) is 8.81. The smallest absolute Gasteiger partial charge is 0.122 e. The molecule has 4 heteroatoms. The van der Waals surface area contributed by atoms with Gasteiger partial charge in [-0.15, -0.1) is 11.3 Å². The summed E-state index contributed by atoms with van der Waals surface area (Å²) in [6.07, 6.45) is 7.18. The molecular weight excluding hydrogens is 280 g/mol. The molecule has 0 radical (unpaired) electrons. The van der Waals surface area contributed by atoms with Crippen molar-refractivity contribution in [3.05, 3.63) is 46.0 Å². The third kappa shape index (κ3) is 3.57. The summed E-state index contributed by atoms with van der Waals surface area (Å²) >= 11 is 1.86. The molecule has 2 saturated carbocycles. The third-order valence-corrected chi connectivity index (χ3v) is 5.20. The predicted molar refractivity (Wildman–Crippen MR) is 85.2 cm³/mol. The Balaban J connectivity index is 1.41. The maximum atomic E-state index is 5.69. The molecule has 2 aliphatic carbocycles. The molecule has 112 valence electrons. The Kier molecular flexibility index (Phi) is 3.84. The molecule has 2 heterocycles. The normalized spacial score (nSPS) is 18.5. The van der Waals surface area contributed by atoms with Crippen molar-refractivity contribution in [2.45, 2.75) is 57.4 Å². The summed E-state index contributed by atoms with van der Waals surface area (Å²) in [6, 6.07) is 8.03. The second-order valence-corrected chi connectivity index (χ2v) is 7.27. The number of hydrogen-bond donors (Lipinski definition) is 1. The molecule has 0 aromatic carbocycles. The van der Waals surface area contributed by atoms with Gasteiger partial charge in [0.2, 0.25) is 0 Å². The number of furan rings is 1. The summed E-state index contributed by atoms with van der Waals surface area (Å²) in [5.41, 5.74) is 1.35. The van der Waals surface area contributed by atoms with Crippen LogP contribution in [0.4, 0.5) is 0 Å². The predicted octanol–water partition coefficient (Wildman–Crippen LogP) is 3.76. The van der Waals surface area contributed by atoms with Gasteiger partial charge in [-0.05, 0) is 43.2 Å². The Bertz CT molecular complexity index is 569. The highest BCUT2D eigenvalue weighted by Crippen LogP contribution is 2.31. The molecule has 2 aliphatic rings. The van der Waals surface area contributed by atoms with Crippen molar-refractivity contribution in [1.82, 2.24) is 10.2 Å². The Morgan fingerprint density at radius 2 is 2.10 bits per heavy atom. The molecule has 0 bridgehead atoms. The van der Waals surface area contributed by atoms with Gasteiger partial charge in [-0.1, -0.05) is 6.07 Å². The molecule has 0 amide bonds. The zero-order valence-corrected chi connectivity index (χ0v) is 13.1. The number of rotatable bonds is 8. The summed E-state index contributed by atoms with van der Waals surface area (Å²) in [6.45, 7) is 2.97. The van der Waals surface area contributed by atoms with Crippen LogP contribution in [0.2, 0.25) is 0 Å². The first kappa shape index (κ1) is 13.6. The summed E-state index contributed by atoms with van der Waals surface area (Å²) in [5, 5.41) is 5.72. The Labute approximate surface area is 130 Å². The van der Waals surface area contributed by atoms with E-state index in [0.717, 1.165) is 37.5 Å². The van der Waals surface area contributed by atoms with E-state index in [1.165, 1.54) is 36.1 Å². The van der Waals surface area contributed by atoms with Gasteiger partial charge in [0.25, 0.3) is 0 Å². The van der Waals surface area contributed by atoms with Crippen molar-refractivity contribution in [2.75, 3.05) is 0 Å². The summed E-state index contributed by atoms with van der Waals surface area (Å²) in [7, 11) is 0. The molecule has 0 spiro atoms. The summed E-state index contributed by atoms with van der Waals surface area (Å²) in [4.78, 5) is 4.07. The van der Waals surface area contributed by atoms with Crippen LogP contribution in [0, 0.1) is 0 Å². The lowest BCUT2D eigenvalue weighted by atomic mass is 10.2. The first-order chi connectivity index (χ1) is 10.4. The van der Waals surface area contributed by atoms with E-state index in [2.05, 4.69) is 33.8 Å². The Morgan fingerprint density at radius 3 is 2.81 bits per heavy atom. The van der Waals surface area contributed by atoms with Crippen LogP contribution in [-0.4, -0.2) is 17.0 Å². The average Bonchev–Trinajstić information content (AvgIpc) is 3.41. The SMILES string of the molecule is c1csc(CN(Cc2ccoc2CNC2CC2)C2CC2)c1. The fraction of sp³-hybridized carbons (Fsp3) is 0.529. The van der Waals surface area contributed by atoms with Gasteiger partial charge in [0.05, 0.1) is 12.8 Å². The second-order valence-electron chi connectivity index (χ2n) is 6.24. The van der Waals surface area contributed by atoms with Gasteiger partial charge in [0.1, 0.15) is 5.76 Å². The lowest BCUT2D eigenvalue weighted by Crippen LogP contribution is -2.25. The van der Waals surface area contributed by atoms with Crippen molar-refractivity contribution in [2.24, 2.45) is 0 Å². The highest BCUT2D eigenvalue weighted by molar-refractivity contribution is 7.09. The van der Waals surface area contributed by atoms with E-state index in [-0.39, 0.29) is 0 Å². The van der Waals surface area contributed by atoms with Crippen LogP contribution in [0.25, 0.3) is 0 Å². The van der Waals surface area contributed by atoms with Gasteiger partial charge in [-0.2, -0.15) is 0 Å². The quantitative estimate of drug-likeness (QED) is 0.805. The molecule has 3 nitrogen and oxygen atoms in total. The molecule has 1 N–H and O–H groups in total. The fourth-order valence-electron chi connectivity index (χ4n) is 2.76. The van der Waals surface area contributed by atoms with Gasteiger partial charge in [0.15, 0.2) is 0 Å². The maximum Gasteiger partial charge on any atom is 0.122 e. The number of thiophene rings is 1. The van der Waals surface area contributed by atoms with Crippen molar-refractivity contribution in [3.63, 3.8) is 0 Å². The lowest BCUT2D eigenvalue weighted by molar-refractivity contribution is 0.245. The van der Waals surface area contributed by atoms with Gasteiger partial charge in [0, 0.05) is 35.6 Å². The third-order valence-electron chi connectivity index (χ3n) is 4.34. The topological polar surface area (TPSA) is 28.4 Å². The molecule has 0 saturated heterocycles. The Hall–Kier alpha value is -1.10. The zero-order valence-electron chi connectivity index (χ0n) is 12.3. The molecule has 2 aromatic heterocycles. The minimum atomic E-state index is 0.730. The van der Waals surface area contributed by atoms with E-state index in [4.69, 9.17) is 4.42 Å². The van der Waals surface area contributed by atoms with E-state index in [1.54, 1.807) is 0 Å². The van der Waals surface area contributed by atoms with Crippen LogP contribution in [0.5, 0.6) is 0 Å². The minimum absolute atomic E-state index is 0.730. The van der Waals surface area contributed by atoms with Gasteiger partial charge < -0.3 is 9.73 Å². The number of nitrogens with one attached hydrogen (secondary N) is 1.